The quantitative estimate of drug-likeness (QED) is 0.128. The van der Waals surface area contributed by atoms with Crippen LogP contribution < -0.4 is 0 Å². The molecule has 3 nitrogen and oxygen atoms in total. The Morgan fingerprint density at radius 1 is 0.373 bits per heavy atom. The smallest absolute Gasteiger partial charge is 0.304 e. The maximum Gasteiger partial charge on any atom is 3.00 e. The van der Waals surface area contributed by atoms with Gasteiger partial charge in [-0.05, 0) is 105 Å². The van der Waals surface area contributed by atoms with E-state index in [1.165, 1.54) is 33.4 Å². The minimum atomic E-state index is 0. The molecule has 4 heteroatoms. The number of aryl methyl sites for hydroxylation is 4. The van der Waals surface area contributed by atoms with Crippen LogP contribution >= 0.6 is 0 Å². The SMILES string of the molecule is Cc1cc(-c2[c-]cccc2)ncc1-c1ccccc1-c1cc(CCc2ccc(-c3[c-]cccc3)nc2)cc(-c2ccccc2-c2cnc(-c3[c-]cccc3)cc2C)c1.[Ir+3]. The van der Waals surface area contributed by atoms with Crippen molar-refractivity contribution >= 4 is 0 Å². The first-order chi connectivity index (χ1) is 28.6. The zero-order chi connectivity index (χ0) is 39.3. The number of nitrogens with zero attached hydrogens (tertiary/aromatic N) is 3. The van der Waals surface area contributed by atoms with Crippen LogP contribution in [-0.4, -0.2) is 15.0 Å². The van der Waals surface area contributed by atoms with Gasteiger partial charge in [0.15, 0.2) is 0 Å². The van der Waals surface area contributed by atoms with E-state index >= 15 is 0 Å². The van der Waals surface area contributed by atoms with Gasteiger partial charge in [0.1, 0.15) is 0 Å². The Bertz CT molecular complexity index is 2690. The molecule has 0 atom stereocenters. The van der Waals surface area contributed by atoms with Crippen LogP contribution in [0.2, 0.25) is 0 Å². The molecule has 0 aliphatic heterocycles. The summed E-state index contributed by atoms with van der Waals surface area (Å²) in [5.74, 6) is 0. The molecule has 6 aromatic carbocycles. The fraction of sp³-hybridized carbons (Fsp3) is 0.0727. The van der Waals surface area contributed by atoms with Crippen molar-refractivity contribution in [1.29, 1.82) is 0 Å². The molecule has 0 saturated carbocycles. The predicted molar refractivity (Wildman–Crippen MR) is 238 cm³/mol. The summed E-state index contributed by atoms with van der Waals surface area (Å²) in [6.45, 7) is 4.34. The topological polar surface area (TPSA) is 38.7 Å². The molecule has 0 fully saturated rings. The van der Waals surface area contributed by atoms with Crippen molar-refractivity contribution in [3.63, 3.8) is 0 Å². The number of rotatable bonds is 10. The molecule has 0 aliphatic rings. The average molecular weight is 935 g/mol. The molecule has 9 rings (SSSR count). The molecule has 0 amide bonds. The average Bonchev–Trinajstić information content (AvgIpc) is 3.29. The van der Waals surface area contributed by atoms with E-state index in [2.05, 4.69) is 135 Å². The monoisotopic (exact) mass is 935 g/mol. The molecule has 0 unspecified atom stereocenters. The van der Waals surface area contributed by atoms with Gasteiger partial charge in [-0.2, -0.15) is 0 Å². The van der Waals surface area contributed by atoms with Crippen molar-refractivity contribution in [2.24, 2.45) is 0 Å². The number of hydrogen-bond donors (Lipinski definition) is 0. The Kier molecular flexibility index (Phi) is 11.9. The first-order valence-corrected chi connectivity index (χ1v) is 19.7. The number of benzene rings is 6. The van der Waals surface area contributed by atoms with Gasteiger partial charge in [-0.3, -0.25) is 0 Å². The van der Waals surface area contributed by atoms with Crippen molar-refractivity contribution in [2.45, 2.75) is 26.7 Å². The van der Waals surface area contributed by atoms with E-state index in [9.17, 15) is 0 Å². The minimum Gasteiger partial charge on any atom is -0.304 e. The van der Waals surface area contributed by atoms with Crippen molar-refractivity contribution in [3.05, 3.63) is 223 Å². The molecule has 0 N–H and O–H groups in total. The second-order valence-electron chi connectivity index (χ2n) is 14.7. The summed E-state index contributed by atoms with van der Waals surface area (Å²) in [6, 6.07) is 67.0. The van der Waals surface area contributed by atoms with Crippen LogP contribution in [0.15, 0.2) is 182 Å². The summed E-state index contributed by atoms with van der Waals surface area (Å²) in [4.78, 5) is 14.7. The molecule has 284 valence electrons. The molecular weight excluding hydrogens is 895 g/mol. The van der Waals surface area contributed by atoms with E-state index in [0.29, 0.717) is 0 Å². The zero-order valence-electron chi connectivity index (χ0n) is 32.9. The van der Waals surface area contributed by atoms with Gasteiger partial charge in [0.25, 0.3) is 0 Å². The van der Waals surface area contributed by atoms with Gasteiger partial charge in [-0.25, -0.2) is 0 Å². The number of hydrogen-bond acceptors (Lipinski definition) is 3. The molecular formula is C55H40IrN3. The second kappa shape index (κ2) is 17.9. The Labute approximate surface area is 360 Å². The van der Waals surface area contributed by atoms with Gasteiger partial charge >= 0.3 is 20.1 Å². The third kappa shape index (κ3) is 8.66. The fourth-order valence-corrected chi connectivity index (χ4v) is 7.74. The van der Waals surface area contributed by atoms with Crippen molar-refractivity contribution < 1.29 is 20.1 Å². The molecule has 9 aromatic rings. The van der Waals surface area contributed by atoms with E-state index in [1.807, 2.05) is 79.3 Å². The van der Waals surface area contributed by atoms with Crippen LogP contribution in [0.5, 0.6) is 0 Å². The molecule has 3 heterocycles. The van der Waals surface area contributed by atoms with E-state index < -0.39 is 0 Å². The standard InChI is InChI=1S/C55H40N3.Ir/c1-38-30-54(43-18-8-4-9-19-43)57-36-51(38)49-24-14-12-22-47(49)45-32-41(27-26-40-28-29-53(56-35-40)42-16-6-3-7-17-42)33-46(34-45)48-23-13-15-25-50(48)52-37-58-55(31-39(52)2)44-20-10-5-11-21-44;/h3-16,18,20,22-25,28-37H,26-27H2,1-2H3;/q-3;+3. The molecule has 0 aliphatic carbocycles. The molecule has 0 bridgehead atoms. The van der Waals surface area contributed by atoms with E-state index in [0.717, 1.165) is 80.0 Å². The van der Waals surface area contributed by atoms with Crippen molar-refractivity contribution in [2.75, 3.05) is 0 Å². The van der Waals surface area contributed by atoms with Crippen LogP contribution in [0, 0.1) is 32.0 Å². The third-order valence-corrected chi connectivity index (χ3v) is 10.8. The molecule has 0 spiro atoms. The van der Waals surface area contributed by atoms with Crippen LogP contribution in [0.1, 0.15) is 22.3 Å². The Balaban J connectivity index is 0.00000484. The predicted octanol–water partition coefficient (Wildman–Crippen LogP) is 13.3. The van der Waals surface area contributed by atoms with Crippen LogP contribution in [0.3, 0.4) is 0 Å². The zero-order valence-corrected chi connectivity index (χ0v) is 35.3. The maximum atomic E-state index is 4.92. The van der Waals surface area contributed by atoms with E-state index in [1.54, 1.807) is 0 Å². The summed E-state index contributed by atoms with van der Waals surface area (Å²) >= 11 is 0. The Morgan fingerprint density at radius 3 is 1.22 bits per heavy atom. The second-order valence-corrected chi connectivity index (χ2v) is 14.7. The number of aromatic nitrogens is 3. The first-order valence-electron chi connectivity index (χ1n) is 19.7. The van der Waals surface area contributed by atoms with Crippen molar-refractivity contribution in [3.8, 4) is 78.3 Å². The van der Waals surface area contributed by atoms with Crippen molar-refractivity contribution in [1.82, 2.24) is 15.0 Å². The molecule has 59 heavy (non-hydrogen) atoms. The summed E-state index contributed by atoms with van der Waals surface area (Å²) in [5.41, 5.74) is 19.7. The van der Waals surface area contributed by atoms with Gasteiger partial charge < -0.3 is 15.0 Å². The largest absolute Gasteiger partial charge is 3.00 e. The first kappa shape index (κ1) is 39.3. The van der Waals surface area contributed by atoms with Gasteiger partial charge in [0.2, 0.25) is 0 Å². The van der Waals surface area contributed by atoms with Crippen LogP contribution in [0.25, 0.3) is 78.3 Å². The summed E-state index contributed by atoms with van der Waals surface area (Å²) in [6.07, 6.45) is 7.75. The third-order valence-electron chi connectivity index (χ3n) is 10.8. The van der Waals surface area contributed by atoms with Gasteiger partial charge in [-0.1, -0.05) is 84.9 Å². The Morgan fingerprint density at radius 2 is 0.797 bits per heavy atom. The maximum absolute atomic E-state index is 4.92. The normalized spacial score (nSPS) is 10.9. The summed E-state index contributed by atoms with van der Waals surface area (Å²) in [5, 5.41) is 0. The Hall–Kier alpha value is -6.58. The van der Waals surface area contributed by atoms with Gasteiger partial charge in [0, 0.05) is 29.7 Å². The molecule has 3 aromatic heterocycles. The van der Waals surface area contributed by atoms with E-state index in [-0.39, 0.29) is 20.1 Å². The van der Waals surface area contributed by atoms with Crippen LogP contribution in [0.4, 0.5) is 0 Å². The minimum absolute atomic E-state index is 0. The van der Waals surface area contributed by atoms with E-state index in [4.69, 9.17) is 15.0 Å². The summed E-state index contributed by atoms with van der Waals surface area (Å²) in [7, 11) is 0. The van der Waals surface area contributed by atoms with Gasteiger partial charge in [0.05, 0.1) is 0 Å². The number of pyridine rings is 3. The summed E-state index contributed by atoms with van der Waals surface area (Å²) < 4.78 is 0. The molecule has 0 saturated heterocycles. The molecule has 0 radical (unpaired) electrons. The fourth-order valence-electron chi connectivity index (χ4n) is 7.74. The van der Waals surface area contributed by atoms with Crippen LogP contribution in [-0.2, 0) is 32.9 Å². The van der Waals surface area contributed by atoms with Gasteiger partial charge in [-0.15, -0.1) is 108 Å².